The van der Waals surface area contributed by atoms with Gasteiger partial charge in [0, 0.05) is 10.7 Å². The van der Waals surface area contributed by atoms with E-state index >= 15 is 0 Å². The molecule has 0 aliphatic carbocycles. The van der Waals surface area contributed by atoms with Crippen LogP contribution < -0.4 is 10.5 Å². The van der Waals surface area contributed by atoms with E-state index in [-0.39, 0.29) is 5.69 Å². The highest BCUT2D eigenvalue weighted by Crippen LogP contribution is 2.27. The molecule has 0 fully saturated rings. The first-order chi connectivity index (χ1) is 9.72. The largest absolute Gasteiger partial charge is 0.398 e. The van der Waals surface area contributed by atoms with Crippen molar-refractivity contribution in [3.8, 4) is 0 Å². The monoisotopic (exact) mass is 328 g/mol. The van der Waals surface area contributed by atoms with E-state index in [1.54, 1.807) is 32.0 Å². The Morgan fingerprint density at radius 3 is 2.57 bits per heavy atom. The van der Waals surface area contributed by atoms with Crippen molar-refractivity contribution >= 4 is 33.0 Å². The molecule has 0 saturated carbocycles. The Morgan fingerprint density at radius 2 is 1.90 bits per heavy atom. The van der Waals surface area contributed by atoms with Crippen LogP contribution in [-0.2, 0) is 10.0 Å². The minimum absolute atomic E-state index is 0.208. The van der Waals surface area contributed by atoms with E-state index in [2.05, 4.69) is 4.72 Å². The van der Waals surface area contributed by atoms with Gasteiger partial charge in [-0.3, -0.25) is 4.72 Å². The second kappa shape index (κ2) is 5.54. The number of benzene rings is 2. The van der Waals surface area contributed by atoms with Crippen molar-refractivity contribution < 1.29 is 12.8 Å². The molecule has 0 aliphatic heterocycles. The van der Waals surface area contributed by atoms with Crippen molar-refractivity contribution in [1.29, 1.82) is 0 Å². The van der Waals surface area contributed by atoms with Gasteiger partial charge in [0.05, 0.1) is 5.69 Å². The minimum Gasteiger partial charge on any atom is -0.398 e. The third kappa shape index (κ3) is 3.11. The van der Waals surface area contributed by atoms with Gasteiger partial charge in [0.25, 0.3) is 10.0 Å². The second-order valence-electron chi connectivity index (χ2n) is 4.66. The van der Waals surface area contributed by atoms with Crippen LogP contribution in [0.25, 0.3) is 0 Å². The summed E-state index contributed by atoms with van der Waals surface area (Å²) in [5.74, 6) is -0.853. The second-order valence-corrected chi connectivity index (χ2v) is 6.72. The van der Waals surface area contributed by atoms with Gasteiger partial charge in [0.2, 0.25) is 0 Å². The smallest absolute Gasteiger partial charge is 0.264 e. The zero-order valence-electron chi connectivity index (χ0n) is 11.4. The number of hydrogen-bond donors (Lipinski definition) is 2. The zero-order chi connectivity index (χ0) is 15.8. The third-order valence-electron chi connectivity index (χ3n) is 3.12. The van der Waals surface area contributed by atoms with Crippen LogP contribution in [0.5, 0.6) is 0 Å². The number of sulfonamides is 1. The lowest BCUT2D eigenvalue weighted by Gasteiger charge is -2.13. The number of hydrogen-bond acceptors (Lipinski definition) is 3. The molecule has 0 bridgehead atoms. The van der Waals surface area contributed by atoms with Crippen molar-refractivity contribution in [3.05, 3.63) is 52.3 Å². The fraction of sp³-hybridized carbons (Fsp3) is 0.143. The number of nitrogen functional groups attached to an aromatic ring is 1. The average Bonchev–Trinajstić information content (AvgIpc) is 2.39. The van der Waals surface area contributed by atoms with Gasteiger partial charge in [-0.05, 0) is 49.2 Å². The van der Waals surface area contributed by atoms with Crippen LogP contribution in [-0.4, -0.2) is 8.42 Å². The molecule has 0 heterocycles. The standard InChI is InChI=1S/C14H14ClFN2O2S/c1-8-6-11(16)14(7-12(8)17)21(19,20)18-13-5-3-4-10(15)9(13)2/h3-7,18H,17H2,1-2H3. The van der Waals surface area contributed by atoms with Gasteiger partial charge in [0.15, 0.2) is 0 Å². The van der Waals surface area contributed by atoms with Crippen LogP contribution >= 0.6 is 11.6 Å². The topological polar surface area (TPSA) is 72.2 Å². The van der Waals surface area contributed by atoms with Gasteiger partial charge in [-0.2, -0.15) is 0 Å². The molecule has 0 aromatic heterocycles. The third-order valence-corrected chi connectivity index (χ3v) is 4.91. The Labute approximate surface area is 127 Å². The Bertz CT molecular complexity index is 807. The lowest BCUT2D eigenvalue weighted by atomic mass is 10.2. The molecule has 3 N–H and O–H groups in total. The van der Waals surface area contributed by atoms with E-state index in [0.717, 1.165) is 12.1 Å². The van der Waals surface area contributed by atoms with Crippen LogP contribution in [0.4, 0.5) is 15.8 Å². The van der Waals surface area contributed by atoms with Gasteiger partial charge in [0.1, 0.15) is 10.7 Å². The maximum absolute atomic E-state index is 13.9. The van der Waals surface area contributed by atoms with Crippen LogP contribution in [0.2, 0.25) is 5.02 Å². The molecule has 0 atom stereocenters. The maximum atomic E-state index is 13.9. The van der Waals surface area contributed by atoms with E-state index < -0.39 is 20.7 Å². The molecule has 0 saturated heterocycles. The molecule has 2 aromatic rings. The van der Waals surface area contributed by atoms with Gasteiger partial charge in [-0.1, -0.05) is 17.7 Å². The summed E-state index contributed by atoms with van der Waals surface area (Å²) in [5.41, 5.74) is 7.19. The highest BCUT2D eigenvalue weighted by molar-refractivity contribution is 7.92. The lowest BCUT2D eigenvalue weighted by Crippen LogP contribution is -2.16. The van der Waals surface area contributed by atoms with Crippen molar-refractivity contribution in [2.45, 2.75) is 18.7 Å². The summed E-state index contributed by atoms with van der Waals surface area (Å²) >= 11 is 5.94. The zero-order valence-corrected chi connectivity index (χ0v) is 13.0. The first kappa shape index (κ1) is 15.6. The molecule has 2 aromatic carbocycles. The molecule has 112 valence electrons. The Hall–Kier alpha value is -1.79. The highest BCUT2D eigenvalue weighted by Gasteiger charge is 2.21. The highest BCUT2D eigenvalue weighted by atomic mass is 35.5. The van der Waals surface area contributed by atoms with E-state index in [4.69, 9.17) is 17.3 Å². The number of anilines is 2. The van der Waals surface area contributed by atoms with E-state index in [1.165, 1.54) is 0 Å². The van der Waals surface area contributed by atoms with Crippen molar-refractivity contribution in [1.82, 2.24) is 0 Å². The molecule has 0 radical (unpaired) electrons. The molecule has 21 heavy (non-hydrogen) atoms. The van der Waals surface area contributed by atoms with Crippen LogP contribution in [0, 0.1) is 19.7 Å². The molecular formula is C14H14ClFN2O2S. The normalized spacial score (nSPS) is 11.4. The first-order valence-corrected chi connectivity index (χ1v) is 7.92. The predicted molar refractivity (Wildman–Crippen MR) is 82.5 cm³/mol. The molecule has 0 aliphatic rings. The van der Waals surface area contributed by atoms with E-state index in [9.17, 15) is 12.8 Å². The van der Waals surface area contributed by atoms with Gasteiger partial charge < -0.3 is 5.73 Å². The Balaban J connectivity index is 2.48. The number of aryl methyl sites for hydroxylation is 1. The Kier molecular flexibility index (Phi) is 4.11. The average molecular weight is 329 g/mol. The predicted octanol–water partition coefficient (Wildman–Crippen LogP) is 3.48. The van der Waals surface area contributed by atoms with Crippen molar-refractivity contribution in [2.24, 2.45) is 0 Å². The maximum Gasteiger partial charge on any atom is 0.264 e. The SMILES string of the molecule is Cc1cc(F)c(S(=O)(=O)Nc2cccc(Cl)c2C)cc1N. The summed E-state index contributed by atoms with van der Waals surface area (Å²) in [6.07, 6.45) is 0. The van der Waals surface area contributed by atoms with Gasteiger partial charge >= 0.3 is 0 Å². The molecule has 0 unspecified atom stereocenters. The van der Waals surface area contributed by atoms with E-state index in [0.29, 0.717) is 21.8 Å². The fourth-order valence-electron chi connectivity index (χ4n) is 1.79. The summed E-state index contributed by atoms with van der Waals surface area (Å²) in [5, 5.41) is 0.416. The van der Waals surface area contributed by atoms with Crippen LogP contribution in [0.1, 0.15) is 11.1 Å². The summed E-state index contributed by atoms with van der Waals surface area (Å²) < 4.78 is 40.8. The number of halogens is 2. The quantitative estimate of drug-likeness (QED) is 0.847. The van der Waals surface area contributed by atoms with E-state index in [1.807, 2.05) is 0 Å². The molecule has 0 spiro atoms. The summed E-state index contributed by atoms with van der Waals surface area (Å²) in [6, 6.07) is 6.99. The van der Waals surface area contributed by atoms with Crippen LogP contribution in [0.3, 0.4) is 0 Å². The minimum atomic E-state index is -4.09. The van der Waals surface area contributed by atoms with Gasteiger partial charge in [-0.25, -0.2) is 12.8 Å². The Morgan fingerprint density at radius 1 is 1.24 bits per heavy atom. The summed E-state index contributed by atoms with van der Waals surface area (Å²) in [4.78, 5) is -0.495. The molecule has 4 nitrogen and oxygen atoms in total. The van der Waals surface area contributed by atoms with Crippen molar-refractivity contribution in [2.75, 3.05) is 10.5 Å². The summed E-state index contributed by atoms with van der Waals surface area (Å²) in [6.45, 7) is 3.27. The van der Waals surface area contributed by atoms with Crippen LogP contribution in [0.15, 0.2) is 35.2 Å². The molecule has 2 rings (SSSR count). The number of rotatable bonds is 3. The fourth-order valence-corrected chi connectivity index (χ4v) is 3.19. The summed E-state index contributed by atoms with van der Waals surface area (Å²) in [7, 11) is -4.09. The number of nitrogens with two attached hydrogens (primary N) is 1. The lowest BCUT2D eigenvalue weighted by molar-refractivity contribution is 0.570. The first-order valence-electron chi connectivity index (χ1n) is 6.06. The van der Waals surface area contributed by atoms with Crippen molar-refractivity contribution in [3.63, 3.8) is 0 Å². The molecular weight excluding hydrogens is 315 g/mol. The molecule has 7 heteroatoms. The molecule has 0 amide bonds. The van der Waals surface area contributed by atoms with Gasteiger partial charge in [-0.15, -0.1) is 0 Å². The number of nitrogens with one attached hydrogen (secondary N) is 1.